The number of rotatable bonds is 1. The molecule has 0 amide bonds. The van der Waals surface area contributed by atoms with E-state index in [0.717, 1.165) is 0 Å². The van der Waals surface area contributed by atoms with Crippen LogP contribution < -0.4 is 5.73 Å². The second kappa shape index (κ2) is 4.95. The number of aliphatic hydroxyl groups excluding tert-OH is 1. The van der Waals surface area contributed by atoms with Crippen molar-refractivity contribution in [2.75, 3.05) is 12.3 Å². The average Bonchev–Trinajstić information content (AvgIpc) is 3.00. The molecule has 0 saturated carbocycles. The van der Waals surface area contributed by atoms with E-state index in [9.17, 15) is 5.11 Å². The fourth-order valence-corrected chi connectivity index (χ4v) is 3.27. The summed E-state index contributed by atoms with van der Waals surface area (Å²) in [5.41, 5.74) is 6.76. The van der Waals surface area contributed by atoms with Gasteiger partial charge in [-0.15, -0.1) is 0 Å². The maximum absolute atomic E-state index is 10.6. The van der Waals surface area contributed by atoms with Gasteiger partial charge in [-0.1, -0.05) is 12.2 Å². The number of nitrogens with zero attached hydrogens (tertiary/aromatic N) is 3. The van der Waals surface area contributed by atoms with Gasteiger partial charge in [-0.25, -0.2) is 9.97 Å². The van der Waals surface area contributed by atoms with Gasteiger partial charge in [-0.3, -0.25) is 4.57 Å². The van der Waals surface area contributed by atoms with E-state index in [-0.39, 0.29) is 12.1 Å². The summed E-state index contributed by atoms with van der Waals surface area (Å²) in [6.07, 6.45) is -0.863. The van der Waals surface area contributed by atoms with E-state index in [1.54, 1.807) is 18.4 Å². The molecule has 10 heteroatoms. The SMILES string of the molecule is CC1(C)OC[C@@H]2O[C@@H](n3cnc4c(=S)nc(N)[nH]c43)[C@@H](O)[C@H]2O1. The van der Waals surface area contributed by atoms with Gasteiger partial charge in [0.15, 0.2) is 22.6 Å². The third kappa shape index (κ3) is 2.34. The first-order chi connectivity index (χ1) is 10.9. The van der Waals surface area contributed by atoms with Crippen LogP contribution in [0.25, 0.3) is 11.2 Å². The summed E-state index contributed by atoms with van der Waals surface area (Å²) in [7, 11) is 0. The van der Waals surface area contributed by atoms with Gasteiger partial charge in [0, 0.05) is 0 Å². The zero-order valence-electron chi connectivity index (χ0n) is 12.6. The van der Waals surface area contributed by atoms with Crippen molar-refractivity contribution in [1.29, 1.82) is 0 Å². The minimum Gasteiger partial charge on any atom is -0.386 e. The van der Waals surface area contributed by atoms with Crippen molar-refractivity contribution in [3.63, 3.8) is 0 Å². The fourth-order valence-electron chi connectivity index (χ4n) is 3.02. The topological polar surface area (TPSA) is 120 Å². The number of aromatic amines is 1. The van der Waals surface area contributed by atoms with E-state index in [0.29, 0.717) is 22.4 Å². The smallest absolute Gasteiger partial charge is 0.200 e. The van der Waals surface area contributed by atoms with Gasteiger partial charge < -0.3 is 30.0 Å². The molecule has 124 valence electrons. The zero-order chi connectivity index (χ0) is 16.4. The monoisotopic (exact) mass is 339 g/mol. The lowest BCUT2D eigenvalue weighted by molar-refractivity contribution is -0.300. The van der Waals surface area contributed by atoms with Crippen LogP contribution in [0.1, 0.15) is 20.1 Å². The summed E-state index contributed by atoms with van der Waals surface area (Å²) in [6, 6.07) is 0. The number of aliphatic hydroxyl groups is 1. The molecule has 9 nitrogen and oxygen atoms in total. The van der Waals surface area contributed by atoms with Gasteiger partial charge in [0.2, 0.25) is 0 Å². The number of aromatic nitrogens is 4. The summed E-state index contributed by atoms with van der Waals surface area (Å²) >= 11 is 5.16. The number of hydrogen-bond acceptors (Lipinski definition) is 8. The minimum atomic E-state index is -0.878. The third-order valence-electron chi connectivity index (χ3n) is 4.06. The summed E-state index contributed by atoms with van der Waals surface area (Å²) in [5.74, 6) is -0.582. The fraction of sp³-hybridized carbons (Fsp3) is 0.615. The number of H-pyrrole nitrogens is 1. The molecule has 4 atom stereocenters. The molecular weight excluding hydrogens is 322 g/mol. The molecule has 2 aliphatic heterocycles. The highest BCUT2D eigenvalue weighted by molar-refractivity contribution is 7.71. The lowest BCUT2D eigenvalue weighted by Gasteiger charge is -2.37. The Labute approximate surface area is 136 Å². The van der Waals surface area contributed by atoms with Crippen molar-refractivity contribution in [1.82, 2.24) is 19.5 Å². The quantitative estimate of drug-likeness (QED) is 0.642. The number of hydrogen-bond donors (Lipinski definition) is 3. The number of fused-ring (bicyclic) bond motifs is 2. The van der Waals surface area contributed by atoms with Crippen molar-refractivity contribution in [2.24, 2.45) is 0 Å². The molecular formula is C13H17N5O4S. The molecule has 0 spiro atoms. The van der Waals surface area contributed by atoms with Crippen molar-refractivity contribution in [3.8, 4) is 0 Å². The maximum atomic E-state index is 10.6. The molecule has 4 N–H and O–H groups in total. The van der Waals surface area contributed by atoms with Crippen LogP contribution in [0.2, 0.25) is 0 Å². The molecule has 2 aromatic rings. The first-order valence-corrected chi connectivity index (χ1v) is 7.64. The van der Waals surface area contributed by atoms with Crippen LogP contribution in [0.3, 0.4) is 0 Å². The van der Waals surface area contributed by atoms with Crippen molar-refractivity contribution >= 4 is 29.3 Å². The molecule has 0 aliphatic carbocycles. The number of ether oxygens (including phenoxy) is 3. The maximum Gasteiger partial charge on any atom is 0.200 e. The predicted molar refractivity (Wildman–Crippen MR) is 81.9 cm³/mol. The van der Waals surface area contributed by atoms with E-state index in [4.69, 9.17) is 32.2 Å². The van der Waals surface area contributed by atoms with Gasteiger partial charge in [0.25, 0.3) is 0 Å². The molecule has 2 fully saturated rings. The minimum absolute atomic E-state index is 0.176. The Morgan fingerprint density at radius 3 is 3.09 bits per heavy atom. The van der Waals surface area contributed by atoms with Crippen LogP contribution in [-0.4, -0.2) is 55.3 Å². The molecule has 0 unspecified atom stereocenters. The van der Waals surface area contributed by atoms with Gasteiger partial charge >= 0.3 is 0 Å². The van der Waals surface area contributed by atoms with E-state index < -0.39 is 24.2 Å². The Morgan fingerprint density at radius 2 is 2.30 bits per heavy atom. The first-order valence-electron chi connectivity index (χ1n) is 7.23. The second-order valence-corrected chi connectivity index (χ2v) is 6.51. The number of nitrogens with two attached hydrogens (primary N) is 1. The third-order valence-corrected chi connectivity index (χ3v) is 4.35. The molecule has 4 rings (SSSR count). The van der Waals surface area contributed by atoms with Crippen molar-refractivity contribution in [2.45, 2.75) is 44.2 Å². The van der Waals surface area contributed by atoms with E-state index in [1.165, 1.54) is 6.33 Å². The number of nitrogen functional groups attached to an aromatic ring is 1. The summed E-state index contributed by atoms with van der Waals surface area (Å²) in [5, 5.41) is 10.6. The lowest BCUT2D eigenvalue weighted by atomic mass is 10.1. The Morgan fingerprint density at radius 1 is 1.52 bits per heavy atom. The highest BCUT2D eigenvalue weighted by Crippen LogP contribution is 2.38. The van der Waals surface area contributed by atoms with Gasteiger partial charge in [-0.05, 0) is 13.8 Å². The van der Waals surface area contributed by atoms with Crippen LogP contribution in [-0.2, 0) is 14.2 Å². The van der Waals surface area contributed by atoms with Crippen LogP contribution in [0.15, 0.2) is 6.33 Å². The Bertz CT molecular complexity index is 818. The predicted octanol–water partition coefficient (Wildman–Crippen LogP) is 0.481. The molecule has 4 heterocycles. The second-order valence-electron chi connectivity index (χ2n) is 6.13. The van der Waals surface area contributed by atoms with Crippen LogP contribution in [0, 0.1) is 4.64 Å². The van der Waals surface area contributed by atoms with E-state index in [2.05, 4.69) is 15.0 Å². The molecule has 23 heavy (non-hydrogen) atoms. The van der Waals surface area contributed by atoms with Gasteiger partial charge in [0.1, 0.15) is 29.5 Å². The standard InChI is InChI=1S/C13H17N5O4S/c1-13(2)20-3-5-8(22-13)7(19)11(21-5)18-4-15-6-9(18)16-12(14)17-10(6)23/h4-5,7-8,11,19H,3H2,1-2H3,(H3,14,16,17,23)/t5-,7-,8-,11+/m0/s1. The van der Waals surface area contributed by atoms with Crippen molar-refractivity contribution in [3.05, 3.63) is 11.0 Å². The molecule has 2 aliphatic rings. The zero-order valence-corrected chi connectivity index (χ0v) is 13.4. The van der Waals surface area contributed by atoms with E-state index in [1.807, 2.05) is 0 Å². The number of imidazole rings is 1. The molecule has 0 radical (unpaired) electrons. The largest absolute Gasteiger partial charge is 0.386 e. The summed E-state index contributed by atoms with van der Waals surface area (Å²) in [4.78, 5) is 11.1. The first kappa shape index (κ1) is 15.0. The average molecular weight is 339 g/mol. The van der Waals surface area contributed by atoms with Gasteiger partial charge in [0.05, 0.1) is 12.9 Å². The van der Waals surface area contributed by atoms with Crippen LogP contribution >= 0.6 is 12.2 Å². The van der Waals surface area contributed by atoms with Gasteiger partial charge in [-0.2, -0.15) is 0 Å². The number of anilines is 1. The van der Waals surface area contributed by atoms with E-state index >= 15 is 0 Å². The van der Waals surface area contributed by atoms with Crippen molar-refractivity contribution < 1.29 is 19.3 Å². The Hall–Kier alpha value is -1.59. The lowest BCUT2D eigenvalue weighted by Crippen LogP contribution is -2.50. The summed E-state index contributed by atoms with van der Waals surface area (Å²) in [6.45, 7) is 3.95. The van der Waals surface area contributed by atoms with Crippen LogP contribution in [0.4, 0.5) is 5.95 Å². The normalized spacial score (nSPS) is 33.0. The highest BCUT2D eigenvalue weighted by atomic mass is 32.1. The van der Waals surface area contributed by atoms with Crippen LogP contribution in [0.5, 0.6) is 0 Å². The molecule has 0 aromatic carbocycles. The molecule has 0 bridgehead atoms. The molecule has 2 saturated heterocycles. The highest BCUT2D eigenvalue weighted by Gasteiger charge is 2.51. The Kier molecular flexibility index (Phi) is 3.22. The summed E-state index contributed by atoms with van der Waals surface area (Å²) < 4.78 is 19.2. The molecule has 2 aromatic heterocycles. The number of nitrogens with one attached hydrogen (secondary N) is 1. The Balaban J connectivity index is 1.73.